The van der Waals surface area contributed by atoms with Gasteiger partial charge < -0.3 is 21.1 Å². The number of aromatic carboxylic acids is 1. The lowest BCUT2D eigenvalue weighted by Gasteiger charge is -2.27. The Kier molecular flexibility index (Phi) is 12.4. The van der Waals surface area contributed by atoms with E-state index in [2.05, 4.69) is 22.9 Å². The molecule has 0 saturated carbocycles. The summed E-state index contributed by atoms with van der Waals surface area (Å²) in [5, 5.41) is 17.4. The molecule has 1 aromatic rings. The zero-order valence-corrected chi connectivity index (χ0v) is 19.9. The molecule has 1 rings (SSSR count). The topological polar surface area (TPSA) is 90.5 Å². The van der Waals surface area contributed by atoms with E-state index >= 15 is 0 Å². The van der Waals surface area contributed by atoms with Crippen molar-refractivity contribution in [1.82, 2.24) is 10.6 Å². The summed E-state index contributed by atoms with van der Waals surface area (Å²) in [6, 6.07) is 6.09. The number of anilines is 1. The number of carbonyl (C=O) groups excluding carboxylic acids is 1. The van der Waals surface area contributed by atoms with Gasteiger partial charge in [-0.15, -0.1) is 0 Å². The second-order valence-electron chi connectivity index (χ2n) is 6.90. The van der Waals surface area contributed by atoms with E-state index < -0.39 is 15.9 Å². The fourth-order valence-corrected chi connectivity index (χ4v) is 3.27. The van der Waals surface area contributed by atoms with E-state index in [9.17, 15) is 9.59 Å². The van der Waals surface area contributed by atoms with Crippen molar-refractivity contribution in [2.75, 3.05) is 5.32 Å². The summed E-state index contributed by atoms with van der Waals surface area (Å²) in [6.07, 6.45) is 6.95. The van der Waals surface area contributed by atoms with Crippen LogP contribution < -0.4 is 16.0 Å². The molecule has 0 radical (unpaired) electrons. The molecule has 168 valence electrons. The molecule has 0 aliphatic rings. The second-order valence-corrected chi connectivity index (χ2v) is 9.68. The fraction of sp³-hybridized carbons (Fsp3) is 0.550. The third kappa shape index (κ3) is 11.2. The number of halogens is 3. The molecule has 0 aromatic heterocycles. The van der Waals surface area contributed by atoms with Gasteiger partial charge >= 0.3 is 5.97 Å². The molecule has 0 spiro atoms. The number of hydrogen-bond donors (Lipinski definition) is 4. The molecule has 0 saturated heterocycles. The highest BCUT2D eigenvalue weighted by atomic mass is 35.6. The molecule has 4 N–H and O–H groups in total. The van der Waals surface area contributed by atoms with Crippen LogP contribution in [0.25, 0.3) is 0 Å². The average molecular weight is 497 g/mol. The number of alkyl halides is 3. The van der Waals surface area contributed by atoms with Gasteiger partial charge in [0.25, 0.3) is 0 Å². The summed E-state index contributed by atoms with van der Waals surface area (Å²) in [4.78, 5) is 23.3. The Bertz CT molecular complexity index is 714. The number of carbonyl (C=O) groups is 2. The Labute approximate surface area is 198 Å². The first-order chi connectivity index (χ1) is 14.1. The van der Waals surface area contributed by atoms with E-state index in [0.717, 1.165) is 19.3 Å². The van der Waals surface area contributed by atoms with E-state index in [-0.39, 0.29) is 16.6 Å². The van der Waals surface area contributed by atoms with Crippen LogP contribution in [-0.2, 0) is 4.79 Å². The smallest absolute Gasteiger partial charge is 0.335 e. The number of carboxylic acids is 1. The number of unbranched alkanes of at least 4 members (excludes halogenated alkanes) is 6. The second kappa shape index (κ2) is 13.9. The highest BCUT2D eigenvalue weighted by Gasteiger charge is 2.34. The van der Waals surface area contributed by atoms with Crippen molar-refractivity contribution in [1.29, 1.82) is 0 Å². The maximum Gasteiger partial charge on any atom is 0.335 e. The first-order valence-corrected chi connectivity index (χ1v) is 11.4. The van der Waals surface area contributed by atoms with Gasteiger partial charge in [-0.1, -0.05) is 86.3 Å². The molecule has 1 aromatic carbocycles. The highest BCUT2D eigenvalue weighted by Crippen LogP contribution is 2.29. The summed E-state index contributed by atoms with van der Waals surface area (Å²) < 4.78 is -1.84. The Morgan fingerprint density at radius 1 is 1.07 bits per heavy atom. The van der Waals surface area contributed by atoms with E-state index in [4.69, 9.17) is 52.1 Å². The van der Waals surface area contributed by atoms with Gasteiger partial charge in [-0.05, 0) is 36.8 Å². The Morgan fingerprint density at radius 2 is 1.70 bits per heavy atom. The van der Waals surface area contributed by atoms with Crippen LogP contribution in [0.4, 0.5) is 5.69 Å². The maximum atomic E-state index is 12.2. The normalized spacial score (nSPS) is 12.1. The first kappa shape index (κ1) is 26.8. The largest absolute Gasteiger partial charge is 0.478 e. The molecular formula is C20H28Cl3N3O3S. The third-order valence-corrected chi connectivity index (χ3v) is 5.16. The standard InChI is InChI=1S/C20H28Cl3N3O3S/c1-2-3-4-5-6-7-8-12-16(27)25-18(20(21,22)23)26-19(30)24-15-11-9-10-14(13-15)17(28)29/h9-11,13,18H,2-8,12H2,1H3,(H,25,27)(H,28,29)(H2,24,26,30)/t18-/m0/s1. The summed E-state index contributed by atoms with van der Waals surface area (Å²) in [6.45, 7) is 2.17. The molecule has 6 nitrogen and oxygen atoms in total. The molecule has 0 bridgehead atoms. The van der Waals surface area contributed by atoms with Gasteiger partial charge in [0.2, 0.25) is 9.70 Å². The summed E-state index contributed by atoms with van der Waals surface area (Å²) in [5.74, 6) is -1.31. The molecule has 1 atom stereocenters. The maximum absolute atomic E-state index is 12.2. The monoisotopic (exact) mass is 495 g/mol. The van der Waals surface area contributed by atoms with Crippen molar-refractivity contribution in [3.05, 3.63) is 29.8 Å². The van der Waals surface area contributed by atoms with Gasteiger partial charge in [0.1, 0.15) is 6.17 Å². The summed E-state index contributed by atoms with van der Waals surface area (Å²) in [5.41, 5.74) is 0.550. The predicted molar refractivity (Wildman–Crippen MR) is 128 cm³/mol. The Balaban J connectivity index is 2.51. The van der Waals surface area contributed by atoms with Crippen LogP contribution in [0.2, 0.25) is 0 Å². The van der Waals surface area contributed by atoms with Crippen LogP contribution in [0, 0.1) is 0 Å². The van der Waals surface area contributed by atoms with Crippen LogP contribution in [0.15, 0.2) is 24.3 Å². The SMILES string of the molecule is CCCCCCCCCC(=O)N[C@@H](NC(=S)Nc1cccc(C(=O)O)c1)C(Cl)(Cl)Cl. The van der Waals surface area contributed by atoms with E-state index in [1.165, 1.54) is 37.8 Å². The van der Waals surface area contributed by atoms with Crippen molar-refractivity contribution in [3.8, 4) is 0 Å². The number of hydrogen-bond acceptors (Lipinski definition) is 3. The number of carboxylic acid groups (broad SMARTS) is 1. The fourth-order valence-electron chi connectivity index (χ4n) is 2.70. The number of nitrogens with one attached hydrogen (secondary N) is 3. The molecule has 0 heterocycles. The van der Waals surface area contributed by atoms with Gasteiger partial charge in [0, 0.05) is 12.1 Å². The van der Waals surface area contributed by atoms with Gasteiger partial charge in [-0.25, -0.2) is 4.79 Å². The summed E-state index contributed by atoms with van der Waals surface area (Å²) >= 11 is 23.1. The van der Waals surface area contributed by atoms with E-state index in [1.807, 2.05) is 0 Å². The van der Waals surface area contributed by atoms with Crippen molar-refractivity contribution < 1.29 is 14.7 Å². The lowest BCUT2D eigenvalue weighted by Crippen LogP contribution is -2.56. The molecular weight excluding hydrogens is 469 g/mol. The lowest BCUT2D eigenvalue weighted by molar-refractivity contribution is -0.122. The molecule has 10 heteroatoms. The molecule has 30 heavy (non-hydrogen) atoms. The average Bonchev–Trinajstić information content (AvgIpc) is 2.66. The molecule has 0 fully saturated rings. The van der Waals surface area contributed by atoms with Crippen molar-refractivity contribution in [3.63, 3.8) is 0 Å². The predicted octanol–water partition coefficient (Wildman–Crippen LogP) is 5.62. The van der Waals surface area contributed by atoms with Crippen LogP contribution in [0.5, 0.6) is 0 Å². The number of amides is 1. The molecule has 0 unspecified atom stereocenters. The van der Waals surface area contributed by atoms with E-state index in [0.29, 0.717) is 12.1 Å². The number of rotatable bonds is 12. The third-order valence-electron chi connectivity index (χ3n) is 4.28. The van der Waals surface area contributed by atoms with Crippen LogP contribution >= 0.6 is 47.0 Å². The minimum absolute atomic E-state index is 0.0742. The Morgan fingerprint density at radius 3 is 2.30 bits per heavy atom. The zero-order valence-electron chi connectivity index (χ0n) is 16.8. The number of thiocarbonyl (C=S) groups is 1. The zero-order chi connectivity index (χ0) is 22.6. The molecule has 0 aliphatic heterocycles. The Hall–Kier alpha value is -1.28. The van der Waals surface area contributed by atoms with E-state index in [1.54, 1.807) is 12.1 Å². The quantitative estimate of drug-likeness (QED) is 0.130. The molecule has 0 aliphatic carbocycles. The number of benzene rings is 1. The lowest BCUT2D eigenvalue weighted by atomic mass is 10.1. The van der Waals surface area contributed by atoms with Crippen LogP contribution in [0.1, 0.15) is 68.6 Å². The minimum Gasteiger partial charge on any atom is -0.478 e. The van der Waals surface area contributed by atoms with Crippen LogP contribution in [-0.4, -0.2) is 32.1 Å². The van der Waals surface area contributed by atoms with Gasteiger partial charge in [-0.2, -0.15) is 0 Å². The van der Waals surface area contributed by atoms with Gasteiger partial charge in [0.15, 0.2) is 5.11 Å². The minimum atomic E-state index is -1.84. The summed E-state index contributed by atoms with van der Waals surface area (Å²) in [7, 11) is 0. The highest BCUT2D eigenvalue weighted by molar-refractivity contribution is 7.80. The van der Waals surface area contributed by atoms with Crippen molar-refractivity contribution >= 4 is 69.7 Å². The molecule has 1 amide bonds. The van der Waals surface area contributed by atoms with Gasteiger partial charge in [0.05, 0.1) is 5.56 Å². The van der Waals surface area contributed by atoms with Crippen molar-refractivity contribution in [2.45, 2.75) is 68.2 Å². The van der Waals surface area contributed by atoms with Crippen molar-refractivity contribution in [2.24, 2.45) is 0 Å². The first-order valence-electron chi connectivity index (χ1n) is 9.90. The van der Waals surface area contributed by atoms with Gasteiger partial charge in [-0.3, -0.25) is 4.79 Å². The van der Waals surface area contributed by atoms with Crippen LogP contribution in [0.3, 0.4) is 0 Å².